The van der Waals surface area contributed by atoms with E-state index >= 15 is 0 Å². The zero-order valence-corrected chi connectivity index (χ0v) is 10.5. The molecule has 0 bridgehead atoms. The summed E-state index contributed by atoms with van der Waals surface area (Å²) in [6.45, 7) is 10.8. The molecule has 0 aromatic heterocycles. The Morgan fingerprint density at radius 2 is 2.00 bits per heavy atom. The van der Waals surface area contributed by atoms with Crippen LogP contribution in [0.4, 0.5) is 0 Å². The summed E-state index contributed by atoms with van der Waals surface area (Å²) in [4.78, 5) is 0. The summed E-state index contributed by atoms with van der Waals surface area (Å²) < 4.78 is 11.1. The van der Waals surface area contributed by atoms with Crippen molar-refractivity contribution in [1.29, 1.82) is 0 Å². The van der Waals surface area contributed by atoms with E-state index in [1.54, 1.807) is 13.2 Å². The predicted octanol–water partition coefficient (Wildman–Crippen LogP) is 3.76. The van der Waals surface area contributed by atoms with Crippen molar-refractivity contribution in [3.63, 3.8) is 0 Å². The molecule has 0 spiro atoms. The third-order valence-electron chi connectivity index (χ3n) is 2.10. The number of hydrogen-bond acceptors (Lipinski definition) is 2. The predicted molar refractivity (Wildman–Crippen MR) is 68.0 cm³/mol. The van der Waals surface area contributed by atoms with Crippen molar-refractivity contribution in [3.8, 4) is 11.5 Å². The Balaban J connectivity index is 2.95. The maximum Gasteiger partial charge on any atom is 0.168 e. The molecule has 2 heteroatoms. The van der Waals surface area contributed by atoms with Crippen LogP contribution in [0.5, 0.6) is 11.5 Å². The third-order valence-corrected chi connectivity index (χ3v) is 2.10. The number of hydrogen-bond donors (Lipinski definition) is 0. The summed E-state index contributed by atoms with van der Waals surface area (Å²) in [6, 6.07) is 5.79. The number of benzene rings is 1. The topological polar surface area (TPSA) is 18.5 Å². The van der Waals surface area contributed by atoms with E-state index in [9.17, 15) is 0 Å². The van der Waals surface area contributed by atoms with Crippen molar-refractivity contribution < 1.29 is 9.47 Å². The maximum atomic E-state index is 5.82. The smallest absolute Gasteiger partial charge is 0.168 e. The molecular formula is C14H20O2. The van der Waals surface area contributed by atoms with E-state index < -0.39 is 0 Å². The fourth-order valence-electron chi connectivity index (χ4n) is 1.30. The van der Waals surface area contributed by atoms with Gasteiger partial charge in [0, 0.05) is 5.56 Å². The molecule has 0 heterocycles. The number of methoxy groups -OCH3 is 1. The first-order chi connectivity index (χ1) is 7.48. The Morgan fingerprint density at radius 1 is 1.31 bits per heavy atom. The number of ether oxygens (including phenoxy) is 2. The molecule has 1 aromatic rings. The summed E-state index contributed by atoms with van der Waals surface area (Å²) in [7, 11) is 1.64. The van der Waals surface area contributed by atoms with E-state index in [-0.39, 0.29) is 5.41 Å². The van der Waals surface area contributed by atoms with Gasteiger partial charge in [0.2, 0.25) is 0 Å². The molecule has 2 nitrogen and oxygen atoms in total. The van der Waals surface area contributed by atoms with Gasteiger partial charge in [-0.1, -0.05) is 45.6 Å². The first kappa shape index (κ1) is 12.6. The Labute approximate surface area is 97.9 Å². The summed E-state index contributed by atoms with van der Waals surface area (Å²) in [6.07, 6.45) is 1.78. The highest BCUT2D eigenvalue weighted by atomic mass is 16.5. The van der Waals surface area contributed by atoms with E-state index in [4.69, 9.17) is 9.47 Å². The van der Waals surface area contributed by atoms with Crippen molar-refractivity contribution in [3.05, 3.63) is 30.3 Å². The molecule has 88 valence electrons. The largest absolute Gasteiger partial charge is 0.493 e. The second kappa shape index (κ2) is 5.06. The van der Waals surface area contributed by atoms with Gasteiger partial charge in [-0.15, -0.1) is 0 Å². The van der Waals surface area contributed by atoms with Crippen molar-refractivity contribution in [2.24, 2.45) is 5.41 Å². The molecule has 0 atom stereocenters. The van der Waals surface area contributed by atoms with Crippen molar-refractivity contribution in [2.75, 3.05) is 13.7 Å². The lowest BCUT2D eigenvalue weighted by atomic mass is 9.98. The van der Waals surface area contributed by atoms with Crippen LogP contribution >= 0.6 is 0 Å². The molecule has 0 aliphatic rings. The Kier molecular flexibility index (Phi) is 3.99. The van der Waals surface area contributed by atoms with E-state index in [0.29, 0.717) is 6.61 Å². The highest BCUT2D eigenvalue weighted by molar-refractivity contribution is 5.61. The fourth-order valence-corrected chi connectivity index (χ4v) is 1.30. The van der Waals surface area contributed by atoms with Gasteiger partial charge in [-0.3, -0.25) is 0 Å². The highest BCUT2D eigenvalue weighted by Crippen LogP contribution is 2.32. The van der Waals surface area contributed by atoms with Gasteiger partial charge in [0.1, 0.15) is 0 Å². The molecule has 0 amide bonds. The summed E-state index contributed by atoms with van der Waals surface area (Å²) in [5.74, 6) is 1.52. The van der Waals surface area contributed by atoms with Gasteiger partial charge < -0.3 is 9.47 Å². The average molecular weight is 220 g/mol. The first-order valence-electron chi connectivity index (χ1n) is 5.40. The lowest BCUT2D eigenvalue weighted by Gasteiger charge is -2.21. The first-order valence-corrected chi connectivity index (χ1v) is 5.40. The molecule has 16 heavy (non-hydrogen) atoms. The summed E-state index contributed by atoms with van der Waals surface area (Å²) >= 11 is 0. The van der Waals surface area contributed by atoms with Crippen molar-refractivity contribution in [1.82, 2.24) is 0 Å². The Hall–Kier alpha value is -1.44. The SMILES string of the molecule is C=Cc1cccc(OC)c1OCC(C)(C)C. The van der Waals surface area contributed by atoms with Crippen LogP contribution in [0.3, 0.4) is 0 Å². The quantitative estimate of drug-likeness (QED) is 0.769. The summed E-state index contributed by atoms with van der Waals surface area (Å²) in [5.41, 5.74) is 1.09. The monoisotopic (exact) mass is 220 g/mol. The minimum Gasteiger partial charge on any atom is -0.493 e. The standard InChI is InChI=1S/C14H20O2/c1-6-11-8-7-9-12(15-5)13(11)16-10-14(2,3)4/h6-9H,1,10H2,2-5H3. The number of para-hydroxylation sites is 1. The van der Waals surface area contributed by atoms with Gasteiger partial charge in [-0.2, -0.15) is 0 Å². The normalized spacial score (nSPS) is 11.0. The van der Waals surface area contributed by atoms with Crippen molar-refractivity contribution >= 4 is 6.08 Å². The van der Waals surface area contributed by atoms with Crippen LogP contribution in [0.25, 0.3) is 6.08 Å². The molecule has 0 saturated heterocycles. The van der Waals surface area contributed by atoms with Crippen LogP contribution < -0.4 is 9.47 Å². The minimum absolute atomic E-state index is 0.124. The second-order valence-corrected chi connectivity index (χ2v) is 4.93. The van der Waals surface area contributed by atoms with Gasteiger partial charge in [-0.05, 0) is 11.5 Å². The van der Waals surface area contributed by atoms with E-state index in [2.05, 4.69) is 27.4 Å². The molecule has 0 aliphatic carbocycles. The van der Waals surface area contributed by atoms with Crippen LogP contribution in [0.15, 0.2) is 24.8 Å². The van der Waals surface area contributed by atoms with Crippen molar-refractivity contribution in [2.45, 2.75) is 20.8 Å². The zero-order valence-electron chi connectivity index (χ0n) is 10.5. The molecule has 0 fully saturated rings. The third kappa shape index (κ3) is 3.30. The molecular weight excluding hydrogens is 200 g/mol. The van der Waals surface area contributed by atoms with Crippen LogP contribution in [0.1, 0.15) is 26.3 Å². The molecule has 0 aliphatic heterocycles. The molecule has 0 unspecified atom stereocenters. The molecule has 0 N–H and O–H groups in total. The lowest BCUT2D eigenvalue weighted by molar-refractivity contribution is 0.191. The van der Waals surface area contributed by atoms with Crippen LogP contribution in [0, 0.1) is 5.41 Å². The van der Waals surface area contributed by atoms with E-state index in [1.165, 1.54) is 0 Å². The van der Waals surface area contributed by atoms with Gasteiger partial charge in [-0.25, -0.2) is 0 Å². The Bertz CT molecular complexity index is 361. The molecule has 1 rings (SSSR count). The van der Waals surface area contributed by atoms with Gasteiger partial charge in [0.25, 0.3) is 0 Å². The zero-order chi connectivity index (χ0) is 12.2. The van der Waals surface area contributed by atoms with Crippen LogP contribution in [0.2, 0.25) is 0 Å². The fraction of sp³-hybridized carbons (Fsp3) is 0.429. The molecule has 0 radical (unpaired) electrons. The highest BCUT2D eigenvalue weighted by Gasteiger charge is 2.14. The van der Waals surface area contributed by atoms with E-state index in [0.717, 1.165) is 17.1 Å². The Morgan fingerprint density at radius 3 is 2.50 bits per heavy atom. The van der Waals surface area contributed by atoms with E-state index in [1.807, 2.05) is 18.2 Å². The van der Waals surface area contributed by atoms with Gasteiger partial charge in [0.15, 0.2) is 11.5 Å². The van der Waals surface area contributed by atoms with Gasteiger partial charge >= 0.3 is 0 Å². The van der Waals surface area contributed by atoms with Gasteiger partial charge in [0.05, 0.1) is 13.7 Å². The minimum atomic E-state index is 0.124. The lowest BCUT2D eigenvalue weighted by Crippen LogP contribution is -2.17. The maximum absolute atomic E-state index is 5.82. The summed E-state index contributed by atoms with van der Waals surface area (Å²) in [5, 5.41) is 0. The number of rotatable bonds is 4. The second-order valence-electron chi connectivity index (χ2n) is 4.93. The van der Waals surface area contributed by atoms with Crippen LogP contribution in [-0.2, 0) is 0 Å². The average Bonchev–Trinajstić information content (AvgIpc) is 2.24. The molecule has 1 aromatic carbocycles. The van der Waals surface area contributed by atoms with Crippen LogP contribution in [-0.4, -0.2) is 13.7 Å². The molecule has 0 saturated carbocycles.